The lowest BCUT2D eigenvalue weighted by Crippen LogP contribution is -2.02. The molecule has 9 heteroatoms. The van der Waals surface area contributed by atoms with Gasteiger partial charge in [-0.1, -0.05) is 11.6 Å². The first-order valence-corrected chi connectivity index (χ1v) is 10.7. The minimum absolute atomic E-state index is 0.0654. The smallest absolute Gasteiger partial charge is 0.331 e. The molecule has 0 radical (unpaired) electrons. The Hall–Kier alpha value is -3.23. The molecule has 0 N–H and O–H groups in total. The molecule has 32 heavy (non-hydrogen) atoms. The van der Waals surface area contributed by atoms with E-state index in [1.54, 1.807) is 42.5 Å². The summed E-state index contributed by atoms with van der Waals surface area (Å²) in [6.07, 6.45) is 2.94. The number of halogens is 1. The van der Waals surface area contributed by atoms with Crippen LogP contribution in [0.3, 0.4) is 0 Å². The third-order valence-electron chi connectivity index (χ3n) is 4.24. The summed E-state index contributed by atoms with van der Waals surface area (Å²) in [4.78, 5) is 16.5. The Kier molecular flexibility index (Phi) is 8.35. The highest BCUT2D eigenvalue weighted by molar-refractivity contribution is 7.09. The third kappa shape index (κ3) is 6.38. The van der Waals surface area contributed by atoms with E-state index in [1.807, 2.05) is 5.38 Å². The van der Waals surface area contributed by atoms with E-state index < -0.39 is 5.97 Å². The van der Waals surface area contributed by atoms with Crippen molar-refractivity contribution in [2.75, 3.05) is 21.3 Å². The van der Waals surface area contributed by atoms with E-state index in [0.717, 1.165) is 5.01 Å². The molecule has 168 valence electrons. The second kappa shape index (κ2) is 11.4. The average molecular weight is 476 g/mol. The maximum atomic E-state index is 12.1. The largest absolute Gasteiger partial charge is 0.493 e. The highest BCUT2D eigenvalue weighted by Gasteiger charge is 2.12. The first kappa shape index (κ1) is 23.4. The van der Waals surface area contributed by atoms with E-state index in [0.29, 0.717) is 45.9 Å². The molecule has 0 spiro atoms. The minimum Gasteiger partial charge on any atom is -0.493 e. The van der Waals surface area contributed by atoms with Crippen LogP contribution in [0.1, 0.15) is 16.3 Å². The van der Waals surface area contributed by atoms with Gasteiger partial charge in [-0.25, -0.2) is 9.78 Å². The molecular weight excluding hydrogens is 454 g/mol. The van der Waals surface area contributed by atoms with Crippen molar-refractivity contribution >= 4 is 35.0 Å². The predicted molar refractivity (Wildman–Crippen MR) is 123 cm³/mol. The van der Waals surface area contributed by atoms with E-state index in [2.05, 4.69) is 4.98 Å². The van der Waals surface area contributed by atoms with Crippen LogP contribution in [0.25, 0.3) is 6.08 Å². The molecule has 0 amide bonds. The van der Waals surface area contributed by atoms with Crippen molar-refractivity contribution in [1.29, 1.82) is 0 Å². The normalized spacial score (nSPS) is 10.8. The van der Waals surface area contributed by atoms with Gasteiger partial charge in [0, 0.05) is 16.5 Å². The lowest BCUT2D eigenvalue weighted by Gasteiger charge is -2.12. The van der Waals surface area contributed by atoms with E-state index >= 15 is 0 Å². The summed E-state index contributed by atoms with van der Waals surface area (Å²) in [7, 11) is 4.59. The molecule has 0 unspecified atom stereocenters. The van der Waals surface area contributed by atoms with Gasteiger partial charge in [-0.3, -0.25) is 0 Å². The standard InChI is InChI=1S/C23H22ClNO6S/c1-27-19-10-15(11-20(28-2)23(19)29-3)4-9-22(26)31-12-17-14-32-21(25-17)13-30-18-7-5-16(24)6-8-18/h4-11,14H,12-13H2,1-3H3/b9-4+. The SMILES string of the molecule is COc1cc(/C=C/C(=O)OCc2csc(COc3ccc(Cl)cc3)n2)cc(OC)c1OC. The number of nitrogens with zero attached hydrogens (tertiary/aromatic N) is 1. The van der Waals surface area contributed by atoms with Gasteiger partial charge in [0.15, 0.2) is 11.5 Å². The molecule has 0 aliphatic rings. The van der Waals surface area contributed by atoms with Gasteiger partial charge in [0.2, 0.25) is 5.75 Å². The number of ether oxygens (including phenoxy) is 5. The molecule has 0 saturated carbocycles. The van der Waals surface area contributed by atoms with Crippen molar-refractivity contribution in [3.63, 3.8) is 0 Å². The Morgan fingerprint density at radius 2 is 1.72 bits per heavy atom. The molecule has 7 nitrogen and oxygen atoms in total. The summed E-state index contributed by atoms with van der Waals surface area (Å²) in [6.45, 7) is 0.386. The molecule has 3 aromatic rings. The van der Waals surface area contributed by atoms with Crippen LogP contribution in [0.4, 0.5) is 0 Å². The maximum Gasteiger partial charge on any atom is 0.331 e. The highest BCUT2D eigenvalue weighted by atomic mass is 35.5. The summed E-state index contributed by atoms with van der Waals surface area (Å²) in [5.74, 6) is 1.68. The number of methoxy groups -OCH3 is 3. The number of carbonyl (C=O) groups excluding carboxylic acids is 1. The van der Waals surface area contributed by atoms with Crippen LogP contribution >= 0.6 is 22.9 Å². The van der Waals surface area contributed by atoms with Gasteiger partial charge in [0.1, 0.15) is 24.0 Å². The molecule has 1 aromatic heterocycles. The number of aromatic nitrogens is 1. The van der Waals surface area contributed by atoms with Gasteiger partial charge in [-0.05, 0) is 48.0 Å². The van der Waals surface area contributed by atoms with Gasteiger partial charge in [-0.15, -0.1) is 11.3 Å². The van der Waals surface area contributed by atoms with Crippen LogP contribution in [0.15, 0.2) is 47.9 Å². The molecule has 3 rings (SSSR count). The number of hydrogen-bond donors (Lipinski definition) is 0. The first-order chi connectivity index (χ1) is 15.5. The van der Waals surface area contributed by atoms with Gasteiger partial charge >= 0.3 is 5.97 Å². The van der Waals surface area contributed by atoms with E-state index in [4.69, 9.17) is 35.3 Å². The highest BCUT2D eigenvalue weighted by Crippen LogP contribution is 2.38. The van der Waals surface area contributed by atoms with Crippen molar-refractivity contribution in [3.05, 3.63) is 69.1 Å². The van der Waals surface area contributed by atoms with E-state index in [9.17, 15) is 4.79 Å². The fraction of sp³-hybridized carbons (Fsp3) is 0.217. The predicted octanol–water partition coefficient (Wildman–Crippen LogP) is 5.16. The Labute approximate surface area is 195 Å². The molecule has 0 bridgehead atoms. The van der Waals surface area contributed by atoms with Crippen molar-refractivity contribution in [2.45, 2.75) is 13.2 Å². The van der Waals surface area contributed by atoms with Crippen LogP contribution in [0, 0.1) is 0 Å². The first-order valence-electron chi connectivity index (χ1n) is 9.49. The molecule has 0 fully saturated rings. The monoisotopic (exact) mass is 475 g/mol. The summed E-state index contributed by atoms with van der Waals surface area (Å²) in [6, 6.07) is 10.6. The van der Waals surface area contributed by atoms with Crippen molar-refractivity contribution in [2.24, 2.45) is 0 Å². The van der Waals surface area contributed by atoms with Crippen LogP contribution < -0.4 is 18.9 Å². The number of thiazole rings is 1. The Bertz CT molecular complexity index is 1060. The zero-order valence-corrected chi connectivity index (χ0v) is 19.4. The topological polar surface area (TPSA) is 76.1 Å². The van der Waals surface area contributed by atoms with Crippen LogP contribution in [-0.4, -0.2) is 32.3 Å². The fourth-order valence-corrected chi connectivity index (χ4v) is 3.53. The fourth-order valence-electron chi connectivity index (χ4n) is 2.71. The van der Waals surface area contributed by atoms with Crippen LogP contribution in [-0.2, 0) is 22.7 Å². The average Bonchev–Trinajstić information content (AvgIpc) is 3.28. The van der Waals surface area contributed by atoms with Crippen LogP contribution in [0.5, 0.6) is 23.0 Å². The molecule has 0 aliphatic heterocycles. The maximum absolute atomic E-state index is 12.1. The van der Waals surface area contributed by atoms with Crippen LogP contribution in [0.2, 0.25) is 5.02 Å². The van der Waals surface area contributed by atoms with Gasteiger partial charge in [0.05, 0.1) is 27.0 Å². The second-order valence-corrected chi connectivity index (χ2v) is 7.75. The Balaban J connectivity index is 1.53. The third-order valence-corrected chi connectivity index (χ3v) is 5.36. The van der Waals surface area contributed by atoms with Crippen molar-refractivity contribution in [3.8, 4) is 23.0 Å². The lowest BCUT2D eigenvalue weighted by molar-refractivity contribution is -0.139. The number of esters is 1. The summed E-state index contributed by atoms with van der Waals surface area (Å²) in [5, 5.41) is 3.26. The zero-order chi connectivity index (χ0) is 22.9. The molecule has 0 atom stereocenters. The Morgan fingerprint density at radius 3 is 2.34 bits per heavy atom. The molecular formula is C23H22ClNO6S. The molecule has 0 aliphatic carbocycles. The van der Waals surface area contributed by atoms with E-state index in [1.165, 1.54) is 38.7 Å². The van der Waals surface area contributed by atoms with Crippen molar-refractivity contribution < 1.29 is 28.5 Å². The second-order valence-electron chi connectivity index (χ2n) is 6.37. The number of benzene rings is 2. The summed E-state index contributed by atoms with van der Waals surface area (Å²) >= 11 is 7.30. The number of carbonyl (C=O) groups is 1. The summed E-state index contributed by atoms with van der Waals surface area (Å²) in [5.41, 5.74) is 1.35. The molecule has 2 aromatic carbocycles. The van der Waals surface area contributed by atoms with Gasteiger partial charge in [0.25, 0.3) is 0 Å². The van der Waals surface area contributed by atoms with Crippen molar-refractivity contribution in [1.82, 2.24) is 4.98 Å². The number of rotatable bonds is 10. The zero-order valence-electron chi connectivity index (χ0n) is 17.8. The lowest BCUT2D eigenvalue weighted by atomic mass is 10.1. The summed E-state index contributed by atoms with van der Waals surface area (Å²) < 4.78 is 26.8. The van der Waals surface area contributed by atoms with E-state index in [-0.39, 0.29) is 6.61 Å². The quantitative estimate of drug-likeness (QED) is 0.296. The molecule has 0 saturated heterocycles. The molecule has 1 heterocycles. The van der Waals surface area contributed by atoms with Gasteiger partial charge < -0.3 is 23.7 Å². The minimum atomic E-state index is -0.495. The number of hydrogen-bond acceptors (Lipinski definition) is 8. The Morgan fingerprint density at radius 1 is 1.03 bits per heavy atom. The van der Waals surface area contributed by atoms with Gasteiger partial charge in [-0.2, -0.15) is 0 Å².